The van der Waals surface area contributed by atoms with E-state index in [0.29, 0.717) is 19.5 Å². The van der Waals surface area contributed by atoms with Crippen LogP contribution in [0.5, 0.6) is 0 Å². The fourth-order valence-electron chi connectivity index (χ4n) is 3.26. The van der Waals surface area contributed by atoms with Gasteiger partial charge in [-0.15, -0.1) is 0 Å². The van der Waals surface area contributed by atoms with Crippen LogP contribution in [-0.4, -0.2) is 36.5 Å². The second kappa shape index (κ2) is 8.30. The molecular formula is C20H27N3O2. The Balaban J connectivity index is 1.27. The van der Waals surface area contributed by atoms with E-state index < -0.39 is 0 Å². The number of hydrogen-bond donors (Lipinski definition) is 2. The summed E-state index contributed by atoms with van der Waals surface area (Å²) >= 11 is 0. The molecule has 1 aliphatic heterocycles. The second-order valence-corrected chi connectivity index (χ2v) is 6.89. The van der Waals surface area contributed by atoms with E-state index >= 15 is 0 Å². The van der Waals surface area contributed by atoms with Gasteiger partial charge in [0.05, 0.1) is 0 Å². The smallest absolute Gasteiger partial charge is 0.320 e. The van der Waals surface area contributed by atoms with E-state index in [1.165, 1.54) is 18.4 Å². The maximum atomic E-state index is 11.6. The van der Waals surface area contributed by atoms with Crippen molar-refractivity contribution in [3.05, 3.63) is 48.0 Å². The number of amides is 3. The Labute approximate surface area is 149 Å². The molecule has 3 amide bonds. The lowest BCUT2D eigenvalue weighted by atomic mass is 10.0. The first-order valence-corrected chi connectivity index (χ1v) is 9.24. The molecule has 5 nitrogen and oxygen atoms in total. The van der Waals surface area contributed by atoms with E-state index in [-0.39, 0.29) is 17.5 Å². The minimum atomic E-state index is -0.277. The molecule has 1 saturated heterocycles. The van der Waals surface area contributed by atoms with Gasteiger partial charge in [0.2, 0.25) is 5.91 Å². The highest BCUT2D eigenvalue weighted by Gasteiger charge is 2.43. The van der Waals surface area contributed by atoms with Gasteiger partial charge in [-0.25, -0.2) is 4.79 Å². The van der Waals surface area contributed by atoms with Gasteiger partial charge in [0, 0.05) is 25.0 Å². The van der Waals surface area contributed by atoms with E-state index in [9.17, 15) is 9.59 Å². The maximum Gasteiger partial charge on any atom is 0.324 e. The quantitative estimate of drug-likeness (QED) is 0.536. The van der Waals surface area contributed by atoms with Gasteiger partial charge < -0.3 is 10.2 Å². The Morgan fingerprint density at radius 2 is 1.92 bits per heavy atom. The summed E-state index contributed by atoms with van der Waals surface area (Å²) in [6.45, 7) is 2.13. The summed E-state index contributed by atoms with van der Waals surface area (Å²) in [6, 6.07) is 10.4. The van der Waals surface area contributed by atoms with Gasteiger partial charge in [-0.1, -0.05) is 42.5 Å². The fraction of sp³-hybridized carbons (Fsp3) is 0.500. The first-order valence-electron chi connectivity index (χ1n) is 9.24. The molecule has 3 rings (SSSR count). The number of benzene rings is 1. The van der Waals surface area contributed by atoms with Gasteiger partial charge >= 0.3 is 6.03 Å². The summed E-state index contributed by atoms with van der Waals surface area (Å²) in [6.07, 6.45) is 10.3. The fourth-order valence-corrected chi connectivity index (χ4v) is 3.26. The van der Waals surface area contributed by atoms with E-state index in [0.717, 1.165) is 25.8 Å². The molecule has 0 radical (unpaired) electrons. The third kappa shape index (κ3) is 4.92. The van der Waals surface area contributed by atoms with E-state index in [1.807, 2.05) is 6.08 Å². The predicted octanol–water partition coefficient (Wildman–Crippen LogP) is 2.93. The predicted molar refractivity (Wildman–Crippen MR) is 98.1 cm³/mol. The van der Waals surface area contributed by atoms with Crippen LogP contribution in [0.25, 0.3) is 0 Å². The molecule has 1 aliphatic carbocycles. The average molecular weight is 341 g/mol. The molecule has 5 heteroatoms. The third-order valence-electron chi connectivity index (χ3n) is 4.97. The lowest BCUT2D eigenvalue weighted by Gasteiger charge is -2.25. The number of nitrogens with one attached hydrogen (secondary N) is 2. The summed E-state index contributed by atoms with van der Waals surface area (Å²) in [5.74, 6) is -0.179. The number of nitrogens with zero attached hydrogens (tertiary/aromatic N) is 1. The normalized spacial score (nSPS) is 19.3. The van der Waals surface area contributed by atoms with Crippen molar-refractivity contribution in [3.63, 3.8) is 0 Å². The molecule has 134 valence electrons. The SMILES string of the molecule is O=C1CCN(C/C=C\CCCCNC2(c3ccccc3)CC2)C(=O)N1. The molecule has 1 aromatic carbocycles. The van der Waals surface area contributed by atoms with Gasteiger partial charge in [0.25, 0.3) is 0 Å². The lowest BCUT2D eigenvalue weighted by molar-refractivity contribution is -0.121. The molecule has 2 N–H and O–H groups in total. The molecule has 2 aliphatic rings. The Morgan fingerprint density at radius 1 is 1.12 bits per heavy atom. The molecule has 1 aromatic rings. The van der Waals surface area contributed by atoms with Crippen molar-refractivity contribution >= 4 is 11.9 Å². The van der Waals surface area contributed by atoms with Crippen molar-refractivity contribution in [1.82, 2.24) is 15.5 Å². The summed E-state index contributed by atoms with van der Waals surface area (Å²) < 4.78 is 0. The molecule has 1 saturated carbocycles. The highest BCUT2D eigenvalue weighted by Crippen LogP contribution is 2.45. The van der Waals surface area contributed by atoms with E-state index in [4.69, 9.17) is 0 Å². The zero-order valence-electron chi connectivity index (χ0n) is 14.7. The van der Waals surface area contributed by atoms with Crippen molar-refractivity contribution < 1.29 is 9.59 Å². The number of unbranched alkanes of at least 4 members (excludes halogenated alkanes) is 2. The lowest BCUT2D eigenvalue weighted by Crippen LogP contribution is -2.49. The van der Waals surface area contributed by atoms with Gasteiger partial charge in [-0.3, -0.25) is 10.1 Å². The molecule has 0 spiro atoms. The number of allylic oxidation sites excluding steroid dienone is 1. The molecule has 25 heavy (non-hydrogen) atoms. The number of hydrogen-bond acceptors (Lipinski definition) is 3. The molecule has 1 heterocycles. The number of carbonyl (C=O) groups is 2. The Hall–Kier alpha value is -2.14. The van der Waals surface area contributed by atoms with Gasteiger partial charge in [-0.05, 0) is 44.2 Å². The highest BCUT2D eigenvalue weighted by molar-refractivity contribution is 5.96. The van der Waals surface area contributed by atoms with Crippen molar-refractivity contribution in [2.24, 2.45) is 0 Å². The van der Waals surface area contributed by atoms with Crippen LogP contribution in [-0.2, 0) is 10.3 Å². The van der Waals surface area contributed by atoms with Crippen LogP contribution in [0.15, 0.2) is 42.5 Å². The zero-order valence-corrected chi connectivity index (χ0v) is 14.7. The van der Waals surface area contributed by atoms with E-state index in [2.05, 4.69) is 47.0 Å². The number of urea groups is 1. The summed E-state index contributed by atoms with van der Waals surface area (Å²) in [5, 5.41) is 6.06. The van der Waals surface area contributed by atoms with Crippen molar-refractivity contribution in [1.29, 1.82) is 0 Å². The molecule has 2 fully saturated rings. The number of rotatable bonds is 9. The summed E-state index contributed by atoms with van der Waals surface area (Å²) in [4.78, 5) is 24.3. The summed E-state index contributed by atoms with van der Waals surface area (Å²) in [7, 11) is 0. The van der Waals surface area contributed by atoms with Crippen LogP contribution in [0.1, 0.15) is 44.1 Å². The summed E-state index contributed by atoms with van der Waals surface area (Å²) in [5.41, 5.74) is 1.64. The number of imide groups is 1. The van der Waals surface area contributed by atoms with Crippen molar-refractivity contribution in [3.8, 4) is 0 Å². The van der Waals surface area contributed by atoms with Gasteiger partial charge in [0.15, 0.2) is 0 Å². The standard InChI is InChI=1S/C20H27N3O2/c24-18-11-16-23(19(25)22-18)15-8-3-1-2-7-14-21-20(12-13-20)17-9-5-4-6-10-17/h3-6,8-10,21H,1-2,7,11-16H2,(H,22,24,25)/b8-3-. The first-order chi connectivity index (χ1) is 12.2. The molecule has 0 unspecified atom stereocenters. The van der Waals surface area contributed by atoms with Gasteiger partial charge in [-0.2, -0.15) is 0 Å². The Morgan fingerprint density at radius 3 is 2.64 bits per heavy atom. The highest BCUT2D eigenvalue weighted by atomic mass is 16.2. The first kappa shape index (κ1) is 17.7. The van der Waals surface area contributed by atoms with Crippen LogP contribution >= 0.6 is 0 Å². The molecule has 0 aromatic heterocycles. The molecule has 0 bridgehead atoms. The van der Waals surface area contributed by atoms with Crippen LogP contribution in [0.4, 0.5) is 4.79 Å². The second-order valence-electron chi connectivity index (χ2n) is 6.89. The number of carbonyl (C=O) groups excluding carboxylic acids is 2. The zero-order chi connectivity index (χ0) is 17.5. The van der Waals surface area contributed by atoms with Crippen molar-refractivity contribution in [2.75, 3.05) is 19.6 Å². The Kier molecular flexibility index (Phi) is 5.87. The van der Waals surface area contributed by atoms with Crippen LogP contribution in [0.3, 0.4) is 0 Å². The van der Waals surface area contributed by atoms with Crippen LogP contribution < -0.4 is 10.6 Å². The van der Waals surface area contributed by atoms with E-state index in [1.54, 1.807) is 4.90 Å². The van der Waals surface area contributed by atoms with Crippen molar-refractivity contribution in [2.45, 2.75) is 44.1 Å². The maximum absolute atomic E-state index is 11.6. The Bertz CT molecular complexity index is 623. The third-order valence-corrected chi connectivity index (χ3v) is 4.97. The molecular weight excluding hydrogens is 314 g/mol. The topological polar surface area (TPSA) is 61.4 Å². The molecule has 0 atom stereocenters. The monoisotopic (exact) mass is 341 g/mol. The average Bonchev–Trinajstić information content (AvgIpc) is 3.41. The largest absolute Gasteiger partial charge is 0.324 e. The minimum Gasteiger partial charge on any atom is -0.320 e. The van der Waals surface area contributed by atoms with Gasteiger partial charge in [0.1, 0.15) is 0 Å². The minimum absolute atomic E-state index is 0.179. The van der Waals surface area contributed by atoms with Crippen LogP contribution in [0, 0.1) is 0 Å². The van der Waals surface area contributed by atoms with Crippen LogP contribution in [0.2, 0.25) is 0 Å².